The van der Waals surface area contributed by atoms with Crippen LogP contribution in [0.1, 0.15) is 54.4 Å². The maximum Gasteiger partial charge on any atom is 0.410 e. The second kappa shape index (κ2) is 7.39. The lowest BCUT2D eigenvalue weighted by atomic mass is 10.0. The van der Waals surface area contributed by atoms with E-state index < -0.39 is 13.9 Å². The van der Waals surface area contributed by atoms with E-state index in [4.69, 9.17) is 9.16 Å². The van der Waals surface area contributed by atoms with Gasteiger partial charge in [0.15, 0.2) is 8.32 Å². The second-order valence-corrected chi connectivity index (χ2v) is 13.7. The summed E-state index contributed by atoms with van der Waals surface area (Å²) in [7, 11) is -1.68. The van der Waals surface area contributed by atoms with Crippen molar-refractivity contribution in [3.05, 3.63) is 11.6 Å². The third-order valence-electron chi connectivity index (χ3n) is 4.68. The van der Waals surface area contributed by atoms with Crippen LogP contribution in [0.5, 0.6) is 0 Å². The average Bonchev–Trinajstić information content (AvgIpc) is 2.36. The molecule has 1 saturated heterocycles. The number of piperidine rings is 1. The van der Waals surface area contributed by atoms with Crippen molar-refractivity contribution >= 4 is 14.4 Å². The predicted octanol–water partition coefficient (Wildman–Crippen LogP) is 4.97. The minimum Gasteiger partial charge on any atom is -0.444 e. The van der Waals surface area contributed by atoms with E-state index in [1.807, 2.05) is 20.8 Å². The number of hydrogen-bond acceptors (Lipinski definition) is 3. The maximum absolute atomic E-state index is 12.0. The molecule has 1 rings (SSSR count). The molecule has 4 nitrogen and oxygen atoms in total. The molecule has 1 aliphatic rings. The SMILES string of the molecule is CC(C)(C)OC(=O)N1CCC(=CCO[Si](C)(C)C(C)(C)C)CC1. The lowest BCUT2D eigenvalue weighted by Crippen LogP contribution is -2.41. The fourth-order valence-electron chi connectivity index (χ4n) is 2.09. The van der Waals surface area contributed by atoms with E-state index in [9.17, 15) is 4.79 Å². The summed E-state index contributed by atoms with van der Waals surface area (Å²) in [6, 6.07) is 0. The van der Waals surface area contributed by atoms with Gasteiger partial charge in [-0.15, -0.1) is 0 Å². The molecule has 0 N–H and O–H groups in total. The molecule has 0 aliphatic carbocycles. The highest BCUT2D eigenvalue weighted by Crippen LogP contribution is 2.36. The first-order valence-corrected chi connectivity index (χ1v) is 11.5. The van der Waals surface area contributed by atoms with Gasteiger partial charge in [0.25, 0.3) is 0 Å². The summed E-state index contributed by atoms with van der Waals surface area (Å²) >= 11 is 0. The summed E-state index contributed by atoms with van der Waals surface area (Å²) < 4.78 is 11.6. The Hall–Kier alpha value is -0.813. The Morgan fingerprint density at radius 3 is 2.09 bits per heavy atom. The van der Waals surface area contributed by atoms with Gasteiger partial charge in [-0.2, -0.15) is 0 Å². The minimum absolute atomic E-state index is 0.200. The molecule has 0 saturated carbocycles. The predicted molar refractivity (Wildman–Crippen MR) is 98.3 cm³/mol. The summed E-state index contributed by atoms with van der Waals surface area (Å²) in [6.45, 7) is 19.2. The molecular weight excluding hydrogens is 306 g/mol. The highest BCUT2D eigenvalue weighted by atomic mass is 28.4. The summed E-state index contributed by atoms with van der Waals surface area (Å²) in [6.07, 6.45) is 3.85. The quantitative estimate of drug-likeness (QED) is 0.537. The van der Waals surface area contributed by atoms with E-state index in [0.29, 0.717) is 6.61 Å². The molecule has 0 unspecified atom stereocenters. The Kier molecular flexibility index (Phi) is 6.50. The van der Waals surface area contributed by atoms with E-state index in [1.54, 1.807) is 4.90 Å². The number of carbonyl (C=O) groups is 1. The van der Waals surface area contributed by atoms with Crippen LogP contribution in [0.4, 0.5) is 4.79 Å². The third-order valence-corrected chi connectivity index (χ3v) is 9.18. The van der Waals surface area contributed by atoms with Crippen LogP contribution in [0.2, 0.25) is 18.1 Å². The Labute approximate surface area is 143 Å². The average molecular weight is 342 g/mol. The van der Waals surface area contributed by atoms with Crippen LogP contribution < -0.4 is 0 Å². The van der Waals surface area contributed by atoms with Gasteiger partial charge in [-0.25, -0.2) is 4.79 Å². The van der Waals surface area contributed by atoms with Gasteiger partial charge >= 0.3 is 6.09 Å². The maximum atomic E-state index is 12.0. The number of amides is 1. The number of rotatable bonds is 3. The van der Waals surface area contributed by atoms with Crippen molar-refractivity contribution in [3.63, 3.8) is 0 Å². The van der Waals surface area contributed by atoms with Crippen molar-refractivity contribution in [2.75, 3.05) is 19.7 Å². The molecule has 0 spiro atoms. The molecule has 1 amide bonds. The molecule has 134 valence electrons. The van der Waals surface area contributed by atoms with Gasteiger partial charge in [-0.3, -0.25) is 0 Å². The molecular formula is C18H35NO3Si. The lowest BCUT2D eigenvalue weighted by Gasteiger charge is -2.36. The zero-order chi connectivity index (χ0) is 17.9. The highest BCUT2D eigenvalue weighted by Gasteiger charge is 2.36. The van der Waals surface area contributed by atoms with Gasteiger partial charge in [-0.1, -0.05) is 32.4 Å². The fourth-order valence-corrected chi connectivity index (χ4v) is 3.02. The Balaban J connectivity index is 2.43. The molecule has 1 aliphatic heterocycles. The van der Waals surface area contributed by atoms with Crippen molar-refractivity contribution in [3.8, 4) is 0 Å². The summed E-state index contributed by atoms with van der Waals surface area (Å²) in [5, 5.41) is 0.242. The van der Waals surface area contributed by atoms with Crippen molar-refractivity contribution in [2.45, 2.75) is 78.1 Å². The lowest BCUT2D eigenvalue weighted by molar-refractivity contribution is 0.0236. The first-order chi connectivity index (χ1) is 10.3. The molecule has 23 heavy (non-hydrogen) atoms. The van der Waals surface area contributed by atoms with Crippen LogP contribution in [-0.2, 0) is 9.16 Å². The summed E-state index contributed by atoms with van der Waals surface area (Å²) in [5.74, 6) is 0. The first-order valence-electron chi connectivity index (χ1n) is 8.62. The van der Waals surface area contributed by atoms with Crippen LogP contribution in [0.25, 0.3) is 0 Å². The van der Waals surface area contributed by atoms with Crippen LogP contribution in [0.3, 0.4) is 0 Å². The third kappa shape index (κ3) is 6.67. The standard InChI is InChI=1S/C18H35NO3Si/c1-17(2,3)22-16(20)19-12-9-15(10-13-19)11-14-21-23(7,8)18(4,5)6/h11H,9-10,12-14H2,1-8H3. The fraction of sp³-hybridized carbons (Fsp3) is 0.833. The zero-order valence-corrected chi connectivity index (χ0v) is 17.3. The molecule has 0 aromatic rings. The molecule has 0 aromatic heterocycles. The number of hydrogen-bond donors (Lipinski definition) is 0. The number of nitrogens with zero attached hydrogens (tertiary/aromatic N) is 1. The van der Waals surface area contributed by atoms with Crippen LogP contribution >= 0.6 is 0 Å². The molecule has 1 fully saturated rings. The zero-order valence-electron chi connectivity index (χ0n) is 16.3. The van der Waals surface area contributed by atoms with Crippen LogP contribution in [-0.4, -0.2) is 44.6 Å². The Bertz CT molecular complexity index is 434. The van der Waals surface area contributed by atoms with Crippen molar-refractivity contribution in [2.24, 2.45) is 0 Å². The highest BCUT2D eigenvalue weighted by molar-refractivity contribution is 6.74. The molecule has 1 heterocycles. The van der Waals surface area contributed by atoms with Gasteiger partial charge in [0.2, 0.25) is 0 Å². The Morgan fingerprint density at radius 1 is 1.13 bits per heavy atom. The van der Waals surface area contributed by atoms with E-state index >= 15 is 0 Å². The summed E-state index contributed by atoms with van der Waals surface area (Å²) in [5.41, 5.74) is 0.966. The topological polar surface area (TPSA) is 38.8 Å². The van der Waals surface area contributed by atoms with Gasteiger partial charge in [0.05, 0.1) is 6.61 Å². The van der Waals surface area contributed by atoms with Gasteiger partial charge < -0.3 is 14.1 Å². The van der Waals surface area contributed by atoms with E-state index in [1.165, 1.54) is 5.57 Å². The van der Waals surface area contributed by atoms with Gasteiger partial charge in [0.1, 0.15) is 5.60 Å². The second-order valence-electron chi connectivity index (χ2n) is 8.90. The van der Waals surface area contributed by atoms with Gasteiger partial charge in [0, 0.05) is 13.1 Å². The van der Waals surface area contributed by atoms with Gasteiger partial charge in [-0.05, 0) is 51.7 Å². The van der Waals surface area contributed by atoms with Crippen molar-refractivity contribution < 1.29 is 14.0 Å². The number of carbonyl (C=O) groups excluding carboxylic acids is 1. The van der Waals surface area contributed by atoms with E-state index in [-0.39, 0.29) is 11.1 Å². The molecule has 0 radical (unpaired) electrons. The minimum atomic E-state index is -1.68. The molecule has 0 atom stereocenters. The van der Waals surface area contributed by atoms with Crippen molar-refractivity contribution in [1.29, 1.82) is 0 Å². The molecule has 5 heteroatoms. The number of likely N-dealkylation sites (tertiary alicyclic amines) is 1. The van der Waals surface area contributed by atoms with Crippen molar-refractivity contribution in [1.82, 2.24) is 4.90 Å². The first kappa shape index (κ1) is 20.2. The van der Waals surface area contributed by atoms with Crippen LogP contribution in [0, 0.1) is 0 Å². The molecule has 0 bridgehead atoms. The number of ether oxygens (including phenoxy) is 1. The Morgan fingerprint density at radius 2 is 1.65 bits per heavy atom. The normalized spacial score (nSPS) is 17.2. The summed E-state index contributed by atoms with van der Waals surface area (Å²) in [4.78, 5) is 13.8. The van der Waals surface area contributed by atoms with E-state index in [0.717, 1.165) is 25.9 Å². The monoisotopic (exact) mass is 341 g/mol. The largest absolute Gasteiger partial charge is 0.444 e. The van der Waals surface area contributed by atoms with Crippen LogP contribution in [0.15, 0.2) is 11.6 Å². The van der Waals surface area contributed by atoms with E-state index in [2.05, 4.69) is 39.9 Å². The smallest absolute Gasteiger partial charge is 0.410 e. The molecule has 0 aromatic carbocycles.